The Morgan fingerprint density at radius 1 is 1.25 bits per heavy atom. The average Bonchev–Trinajstić information content (AvgIpc) is 2.61. The smallest absolute Gasteiger partial charge is 0.275 e. The molecule has 0 fully saturated rings. The monoisotopic (exact) mass is 325 g/mol. The lowest BCUT2D eigenvalue weighted by Crippen LogP contribution is -2.18. The Morgan fingerprint density at radius 3 is 2.67 bits per heavy atom. The Morgan fingerprint density at radius 2 is 2.00 bits per heavy atom. The molecule has 24 heavy (non-hydrogen) atoms. The number of nitrogens with one attached hydrogen (secondary N) is 1. The number of hydrogen-bond acceptors (Lipinski definition) is 5. The van der Waals surface area contributed by atoms with Crippen molar-refractivity contribution >= 4 is 23.9 Å². The summed E-state index contributed by atoms with van der Waals surface area (Å²) in [6.07, 6.45) is 4.90. The SMILES string of the molecule is COc1ccc([N+](=O)[O-])cc1C(=O)N/N=C\C=C\c1ccccc1. The minimum absolute atomic E-state index is 0.0379. The summed E-state index contributed by atoms with van der Waals surface area (Å²) in [5.74, 6) is -0.368. The molecule has 2 aromatic carbocycles. The molecule has 0 aliphatic carbocycles. The molecule has 0 spiro atoms. The number of benzene rings is 2. The van der Waals surface area contributed by atoms with Crippen LogP contribution in [-0.2, 0) is 0 Å². The van der Waals surface area contributed by atoms with E-state index in [2.05, 4.69) is 10.5 Å². The fourth-order valence-corrected chi connectivity index (χ4v) is 1.90. The summed E-state index contributed by atoms with van der Waals surface area (Å²) in [7, 11) is 1.38. The van der Waals surface area contributed by atoms with E-state index in [0.717, 1.165) is 11.6 Å². The molecular formula is C17H15N3O4. The summed E-state index contributed by atoms with van der Waals surface area (Å²) in [6, 6.07) is 13.4. The fraction of sp³-hybridized carbons (Fsp3) is 0.0588. The summed E-state index contributed by atoms with van der Waals surface area (Å²) in [5, 5.41) is 14.6. The number of rotatable bonds is 6. The van der Waals surface area contributed by atoms with E-state index >= 15 is 0 Å². The van der Waals surface area contributed by atoms with Crippen molar-refractivity contribution in [2.75, 3.05) is 7.11 Å². The normalized spacial score (nSPS) is 10.9. The number of nitro groups is 1. The zero-order valence-corrected chi connectivity index (χ0v) is 12.9. The first-order valence-electron chi connectivity index (χ1n) is 6.99. The molecule has 0 aliphatic heterocycles. The molecule has 0 aliphatic rings. The maximum atomic E-state index is 12.1. The highest BCUT2D eigenvalue weighted by atomic mass is 16.6. The Labute approximate surface area is 138 Å². The second-order valence-corrected chi connectivity index (χ2v) is 4.63. The van der Waals surface area contributed by atoms with Gasteiger partial charge in [-0.25, -0.2) is 5.43 Å². The summed E-state index contributed by atoms with van der Waals surface area (Å²) in [4.78, 5) is 22.3. The van der Waals surface area contributed by atoms with Crippen molar-refractivity contribution in [3.8, 4) is 5.75 Å². The first-order valence-corrected chi connectivity index (χ1v) is 6.99. The van der Waals surface area contributed by atoms with E-state index in [0.29, 0.717) is 0 Å². The highest BCUT2D eigenvalue weighted by Crippen LogP contribution is 2.23. The first kappa shape index (κ1) is 16.9. The van der Waals surface area contributed by atoms with Crippen LogP contribution in [0.25, 0.3) is 6.08 Å². The maximum Gasteiger partial charge on any atom is 0.275 e. The summed E-state index contributed by atoms with van der Waals surface area (Å²) in [6.45, 7) is 0. The molecule has 0 heterocycles. The van der Waals surface area contributed by atoms with Crippen LogP contribution >= 0.6 is 0 Å². The van der Waals surface area contributed by atoms with Crippen molar-refractivity contribution in [3.05, 3.63) is 75.8 Å². The Bertz CT molecular complexity index is 786. The van der Waals surface area contributed by atoms with E-state index in [1.54, 1.807) is 6.08 Å². The lowest BCUT2D eigenvalue weighted by atomic mass is 10.1. The number of hydrazone groups is 1. The van der Waals surface area contributed by atoms with Gasteiger partial charge in [0.2, 0.25) is 0 Å². The van der Waals surface area contributed by atoms with Crippen LogP contribution in [0.3, 0.4) is 0 Å². The zero-order valence-electron chi connectivity index (χ0n) is 12.9. The third-order valence-electron chi connectivity index (χ3n) is 3.05. The summed E-state index contributed by atoms with van der Waals surface area (Å²) < 4.78 is 5.04. The standard InChI is InChI=1S/C17H15N3O4/c1-24-16-10-9-14(20(22)23)12-15(16)17(21)19-18-11-5-8-13-6-3-2-4-7-13/h2-12H,1H3,(H,19,21)/b8-5+,18-11-. The Hall–Kier alpha value is -3.48. The van der Waals surface area contributed by atoms with E-state index in [1.165, 1.54) is 25.5 Å². The molecule has 1 amide bonds. The molecular weight excluding hydrogens is 310 g/mol. The average molecular weight is 325 g/mol. The number of ether oxygens (including phenoxy) is 1. The fourth-order valence-electron chi connectivity index (χ4n) is 1.90. The van der Waals surface area contributed by atoms with Gasteiger partial charge in [0.1, 0.15) is 5.75 Å². The Balaban J connectivity index is 2.04. The molecule has 0 radical (unpaired) electrons. The predicted octanol–water partition coefficient (Wildman–Crippen LogP) is 3.03. The number of nitrogens with zero attached hydrogens (tertiary/aromatic N) is 2. The molecule has 0 saturated carbocycles. The second-order valence-electron chi connectivity index (χ2n) is 4.63. The minimum Gasteiger partial charge on any atom is -0.496 e. The van der Waals surface area contributed by atoms with Crippen LogP contribution in [0.15, 0.2) is 59.7 Å². The highest BCUT2D eigenvalue weighted by Gasteiger charge is 2.16. The van der Waals surface area contributed by atoms with Gasteiger partial charge >= 0.3 is 0 Å². The van der Waals surface area contributed by atoms with E-state index in [-0.39, 0.29) is 17.0 Å². The number of allylic oxidation sites excluding steroid dienone is 1. The number of hydrogen-bond donors (Lipinski definition) is 1. The van der Waals surface area contributed by atoms with Crippen molar-refractivity contribution in [1.82, 2.24) is 5.43 Å². The molecule has 0 atom stereocenters. The van der Waals surface area contributed by atoms with Gasteiger partial charge in [0.25, 0.3) is 11.6 Å². The van der Waals surface area contributed by atoms with Gasteiger partial charge in [0, 0.05) is 18.3 Å². The molecule has 122 valence electrons. The van der Waals surface area contributed by atoms with Crippen LogP contribution in [0.4, 0.5) is 5.69 Å². The van der Waals surface area contributed by atoms with Crippen LogP contribution in [-0.4, -0.2) is 24.2 Å². The summed E-state index contributed by atoms with van der Waals surface area (Å²) >= 11 is 0. The third-order valence-corrected chi connectivity index (χ3v) is 3.05. The number of nitro benzene ring substituents is 1. The largest absolute Gasteiger partial charge is 0.496 e. The molecule has 7 nitrogen and oxygen atoms in total. The number of methoxy groups -OCH3 is 1. The Kier molecular flexibility index (Phi) is 5.79. The van der Waals surface area contributed by atoms with Crippen molar-refractivity contribution < 1.29 is 14.5 Å². The molecule has 0 saturated heterocycles. The van der Waals surface area contributed by atoms with Crippen molar-refractivity contribution in [3.63, 3.8) is 0 Å². The van der Waals surface area contributed by atoms with Crippen LogP contribution in [0.2, 0.25) is 0 Å². The van der Waals surface area contributed by atoms with E-state index < -0.39 is 10.8 Å². The molecule has 0 unspecified atom stereocenters. The lowest BCUT2D eigenvalue weighted by Gasteiger charge is -2.06. The van der Waals surface area contributed by atoms with Crippen molar-refractivity contribution in [2.24, 2.45) is 5.10 Å². The first-order chi connectivity index (χ1) is 11.6. The van der Waals surface area contributed by atoms with E-state index in [4.69, 9.17) is 4.74 Å². The van der Waals surface area contributed by atoms with Gasteiger partial charge in [0.15, 0.2) is 0 Å². The number of non-ortho nitro benzene ring substituents is 1. The molecule has 0 aromatic heterocycles. The van der Waals surface area contributed by atoms with Crippen LogP contribution in [0, 0.1) is 10.1 Å². The molecule has 7 heteroatoms. The molecule has 2 rings (SSSR count). The zero-order chi connectivity index (χ0) is 17.4. The molecule has 0 bridgehead atoms. The van der Waals surface area contributed by atoms with Crippen LogP contribution in [0.5, 0.6) is 5.75 Å². The van der Waals surface area contributed by atoms with Gasteiger partial charge in [0.05, 0.1) is 17.6 Å². The van der Waals surface area contributed by atoms with Gasteiger partial charge in [-0.3, -0.25) is 14.9 Å². The van der Waals surface area contributed by atoms with Crippen molar-refractivity contribution in [1.29, 1.82) is 0 Å². The quantitative estimate of drug-likeness (QED) is 0.502. The van der Waals surface area contributed by atoms with Gasteiger partial charge < -0.3 is 4.74 Å². The highest BCUT2D eigenvalue weighted by molar-refractivity contribution is 5.98. The number of carbonyl (C=O) groups is 1. The minimum atomic E-state index is -0.597. The van der Waals surface area contributed by atoms with E-state index in [1.807, 2.05) is 36.4 Å². The maximum absolute atomic E-state index is 12.1. The van der Waals surface area contributed by atoms with Crippen LogP contribution in [0.1, 0.15) is 15.9 Å². The van der Waals surface area contributed by atoms with Gasteiger partial charge in [-0.2, -0.15) is 5.10 Å². The molecule has 1 N–H and O–H groups in total. The third kappa shape index (κ3) is 4.51. The predicted molar refractivity (Wildman–Crippen MR) is 91.1 cm³/mol. The number of carbonyl (C=O) groups excluding carboxylic acids is 1. The summed E-state index contributed by atoms with van der Waals surface area (Å²) in [5.41, 5.74) is 3.14. The lowest BCUT2D eigenvalue weighted by molar-refractivity contribution is -0.384. The topological polar surface area (TPSA) is 93.8 Å². The van der Waals surface area contributed by atoms with Crippen molar-refractivity contribution in [2.45, 2.75) is 0 Å². The molecule has 2 aromatic rings. The van der Waals surface area contributed by atoms with E-state index in [9.17, 15) is 14.9 Å². The van der Waals surface area contributed by atoms with Gasteiger partial charge in [-0.1, -0.05) is 36.4 Å². The van der Waals surface area contributed by atoms with Gasteiger partial charge in [-0.15, -0.1) is 0 Å². The van der Waals surface area contributed by atoms with Gasteiger partial charge in [-0.05, 0) is 17.7 Å². The second kappa shape index (κ2) is 8.23. The number of amides is 1. The van der Waals surface area contributed by atoms with Crippen LogP contribution < -0.4 is 10.2 Å².